The molecule has 0 atom stereocenters. The first kappa shape index (κ1) is 20.6. The number of anilines is 1. The van der Waals surface area contributed by atoms with Gasteiger partial charge in [-0.25, -0.2) is 14.2 Å². The van der Waals surface area contributed by atoms with Crippen LogP contribution in [0.2, 0.25) is 0 Å². The SMILES string of the molecule is COc1cc(CNC(=O)Nc2ncc(Cc3ccc(C)c(F)c3)s2)cc(OC)c1. The lowest BCUT2D eigenvalue weighted by Gasteiger charge is -2.09. The van der Waals surface area contributed by atoms with Crippen molar-refractivity contribution in [2.24, 2.45) is 0 Å². The maximum atomic E-state index is 13.7. The van der Waals surface area contributed by atoms with Crippen molar-refractivity contribution in [2.45, 2.75) is 19.9 Å². The number of benzene rings is 2. The van der Waals surface area contributed by atoms with Gasteiger partial charge in [0.25, 0.3) is 0 Å². The lowest BCUT2D eigenvalue weighted by molar-refractivity contribution is 0.251. The quantitative estimate of drug-likeness (QED) is 0.595. The molecule has 0 saturated carbocycles. The zero-order valence-corrected chi connectivity index (χ0v) is 17.2. The van der Waals surface area contributed by atoms with Gasteiger partial charge in [0.2, 0.25) is 0 Å². The normalized spacial score (nSPS) is 10.5. The van der Waals surface area contributed by atoms with E-state index in [0.717, 1.165) is 16.0 Å². The van der Waals surface area contributed by atoms with E-state index < -0.39 is 0 Å². The van der Waals surface area contributed by atoms with Crippen LogP contribution in [0.25, 0.3) is 0 Å². The second-order valence-electron chi connectivity index (χ2n) is 6.42. The number of nitrogens with zero attached hydrogens (tertiary/aromatic N) is 1. The fourth-order valence-corrected chi connectivity index (χ4v) is 3.53. The standard InChI is InChI=1S/C21H22FN3O3S/c1-13-4-5-14(9-19(13)22)8-18-12-24-21(29-18)25-20(26)23-11-15-6-16(27-2)10-17(7-15)28-3/h4-7,9-10,12H,8,11H2,1-3H3,(H2,23,24,25,26). The summed E-state index contributed by atoms with van der Waals surface area (Å²) in [6.07, 6.45) is 2.24. The van der Waals surface area contributed by atoms with E-state index >= 15 is 0 Å². The van der Waals surface area contributed by atoms with Crippen LogP contribution < -0.4 is 20.1 Å². The van der Waals surface area contributed by atoms with E-state index in [-0.39, 0.29) is 11.8 Å². The Balaban J connectivity index is 1.55. The molecule has 1 heterocycles. The van der Waals surface area contributed by atoms with Gasteiger partial charge >= 0.3 is 6.03 Å². The lowest BCUT2D eigenvalue weighted by Crippen LogP contribution is -2.28. The number of carbonyl (C=O) groups is 1. The molecule has 3 rings (SSSR count). The second kappa shape index (κ2) is 9.38. The van der Waals surface area contributed by atoms with Gasteiger partial charge in [0, 0.05) is 30.1 Å². The molecule has 0 aliphatic heterocycles. The van der Waals surface area contributed by atoms with Crippen LogP contribution in [0.3, 0.4) is 0 Å². The summed E-state index contributed by atoms with van der Waals surface area (Å²) in [5, 5.41) is 5.98. The Bertz CT molecular complexity index is 984. The molecular formula is C21H22FN3O3S. The average Bonchev–Trinajstić information content (AvgIpc) is 3.15. The van der Waals surface area contributed by atoms with Gasteiger partial charge in [0.15, 0.2) is 5.13 Å². The van der Waals surface area contributed by atoms with Crippen LogP contribution >= 0.6 is 11.3 Å². The molecule has 29 heavy (non-hydrogen) atoms. The smallest absolute Gasteiger partial charge is 0.321 e. The van der Waals surface area contributed by atoms with E-state index in [1.54, 1.807) is 39.5 Å². The molecule has 2 aromatic carbocycles. The number of hydrogen-bond donors (Lipinski definition) is 2. The van der Waals surface area contributed by atoms with Crippen LogP contribution in [-0.4, -0.2) is 25.2 Å². The van der Waals surface area contributed by atoms with Gasteiger partial charge in [-0.3, -0.25) is 5.32 Å². The third-order valence-electron chi connectivity index (χ3n) is 4.25. The van der Waals surface area contributed by atoms with Crippen LogP contribution in [0.4, 0.5) is 14.3 Å². The number of halogens is 1. The number of carbonyl (C=O) groups excluding carboxylic acids is 1. The Hall–Kier alpha value is -3.13. The summed E-state index contributed by atoms with van der Waals surface area (Å²) in [6.45, 7) is 2.04. The summed E-state index contributed by atoms with van der Waals surface area (Å²) >= 11 is 1.35. The van der Waals surface area contributed by atoms with Gasteiger partial charge in [-0.05, 0) is 41.8 Å². The van der Waals surface area contributed by atoms with Crippen molar-refractivity contribution in [3.63, 3.8) is 0 Å². The number of thiazole rings is 1. The Kier molecular flexibility index (Phi) is 6.66. The van der Waals surface area contributed by atoms with E-state index in [9.17, 15) is 9.18 Å². The zero-order valence-electron chi connectivity index (χ0n) is 16.4. The fraction of sp³-hybridized carbons (Fsp3) is 0.238. The van der Waals surface area contributed by atoms with Gasteiger partial charge in [0.1, 0.15) is 17.3 Å². The molecule has 0 radical (unpaired) electrons. The summed E-state index contributed by atoms with van der Waals surface area (Å²) in [5.74, 6) is 1.08. The molecule has 2 amide bonds. The van der Waals surface area contributed by atoms with Crippen molar-refractivity contribution in [2.75, 3.05) is 19.5 Å². The first-order valence-electron chi connectivity index (χ1n) is 8.93. The minimum Gasteiger partial charge on any atom is -0.497 e. The predicted molar refractivity (Wildman–Crippen MR) is 111 cm³/mol. The minimum absolute atomic E-state index is 0.223. The number of amides is 2. The van der Waals surface area contributed by atoms with Gasteiger partial charge in [0.05, 0.1) is 14.2 Å². The molecular weight excluding hydrogens is 393 g/mol. The number of aromatic nitrogens is 1. The van der Waals surface area contributed by atoms with Crippen LogP contribution in [0.15, 0.2) is 42.6 Å². The maximum Gasteiger partial charge on any atom is 0.321 e. The van der Waals surface area contributed by atoms with Crippen LogP contribution in [0.5, 0.6) is 11.5 Å². The Morgan fingerprint density at radius 2 is 1.83 bits per heavy atom. The summed E-state index contributed by atoms with van der Waals surface area (Å²) in [7, 11) is 3.15. The highest BCUT2D eigenvalue weighted by Gasteiger charge is 2.09. The number of nitrogens with one attached hydrogen (secondary N) is 2. The molecule has 0 aliphatic rings. The molecule has 0 unspecified atom stereocenters. The van der Waals surface area contributed by atoms with Crippen molar-refractivity contribution in [1.29, 1.82) is 0 Å². The minimum atomic E-state index is -0.367. The largest absolute Gasteiger partial charge is 0.497 e. The maximum absolute atomic E-state index is 13.7. The number of ether oxygens (including phenoxy) is 2. The zero-order chi connectivity index (χ0) is 20.8. The van der Waals surface area contributed by atoms with Crippen molar-refractivity contribution in [3.05, 3.63) is 70.0 Å². The highest BCUT2D eigenvalue weighted by Crippen LogP contribution is 2.23. The van der Waals surface area contributed by atoms with E-state index in [1.165, 1.54) is 17.4 Å². The number of urea groups is 1. The van der Waals surface area contributed by atoms with Crippen molar-refractivity contribution >= 4 is 22.5 Å². The molecule has 0 spiro atoms. The molecule has 0 saturated heterocycles. The van der Waals surface area contributed by atoms with Crippen molar-refractivity contribution in [1.82, 2.24) is 10.3 Å². The topological polar surface area (TPSA) is 72.5 Å². The van der Waals surface area contributed by atoms with Crippen molar-refractivity contribution in [3.8, 4) is 11.5 Å². The first-order valence-corrected chi connectivity index (χ1v) is 9.75. The molecule has 6 nitrogen and oxygen atoms in total. The third-order valence-corrected chi connectivity index (χ3v) is 5.17. The van der Waals surface area contributed by atoms with E-state index in [4.69, 9.17) is 9.47 Å². The summed E-state index contributed by atoms with van der Waals surface area (Å²) in [4.78, 5) is 17.3. The van der Waals surface area contributed by atoms with Gasteiger partial charge in [-0.2, -0.15) is 0 Å². The molecule has 3 aromatic rings. The van der Waals surface area contributed by atoms with E-state index in [2.05, 4.69) is 15.6 Å². The van der Waals surface area contributed by atoms with E-state index in [1.807, 2.05) is 18.2 Å². The molecule has 2 N–H and O–H groups in total. The Labute approximate surface area is 172 Å². The van der Waals surface area contributed by atoms with Gasteiger partial charge in [-0.1, -0.05) is 12.1 Å². The lowest BCUT2D eigenvalue weighted by atomic mass is 10.1. The monoisotopic (exact) mass is 415 g/mol. The van der Waals surface area contributed by atoms with Crippen LogP contribution in [0, 0.1) is 12.7 Å². The second-order valence-corrected chi connectivity index (χ2v) is 7.54. The molecule has 0 bridgehead atoms. The van der Waals surface area contributed by atoms with Gasteiger partial charge < -0.3 is 14.8 Å². The molecule has 8 heteroatoms. The third kappa shape index (κ3) is 5.68. The summed E-state index contributed by atoms with van der Waals surface area (Å²) in [6, 6.07) is 10.2. The fourth-order valence-electron chi connectivity index (χ4n) is 2.69. The Morgan fingerprint density at radius 1 is 1.10 bits per heavy atom. The molecule has 0 aliphatic carbocycles. The van der Waals surface area contributed by atoms with Crippen LogP contribution in [-0.2, 0) is 13.0 Å². The average molecular weight is 415 g/mol. The molecule has 0 fully saturated rings. The highest BCUT2D eigenvalue weighted by molar-refractivity contribution is 7.15. The number of aryl methyl sites for hydroxylation is 1. The predicted octanol–water partition coefficient (Wildman–Crippen LogP) is 4.52. The first-order chi connectivity index (χ1) is 14.0. The van der Waals surface area contributed by atoms with Gasteiger partial charge in [-0.15, -0.1) is 11.3 Å². The number of methoxy groups -OCH3 is 2. The van der Waals surface area contributed by atoms with E-state index in [0.29, 0.717) is 35.2 Å². The molecule has 152 valence electrons. The van der Waals surface area contributed by atoms with Crippen LogP contribution in [0.1, 0.15) is 21.6 Å². The number of rotatable bonds is 7. The highest BCUT2D eigenvalue weighted by atomic mass is 32.1. The summed E-state index contributed by atoms with van der Waals surface area (Å²) < 4.78 is 24.1. The number of hydrogen-bond acceptors (Lipinski definition) is 5. The molecule has 1 aromatic heterocycles. The Morgan fingerprint density at radius 3 is 2.48 bits per heavy atom. The van der Waals surface area contributed by atoms with Crippen molar-refractivity contribution < 1.29 is 18.7 Å². The summed E-state index contributed by atoms with van der Waals surface area (Å²) in [5.41, 5.74) is 2.32.